The Morgan fingerprint density at radius 1 is 1.00 bits per heavy atom. The normalized spacial score (nSPS) is 24.8. The average Bonchev–Trinajstić information content (AvgIpc) is 2.89. The molecule has 2 amide bonds. The number of benzene rings is 2. The van der Waals surface area contributed by atoms with Gasteiger partial charge in [-0.2, -0.15) is 0 Å². The molecule has 2 fully saturated rings. The number of nitrogens with two attached hydrogens (primary N) is 1. The van der Waals surface area contributed by atoms with E-state index in [0.717, 1.165) is 53.6 Å². The van der Waals surface area contributed by atoms with E-state index in [4.69, 9.17) is 10.7 Å². The van der Waals surface area contributed by atoms with E-state index in [0.29, 0.717) is 30.9 Å². The second-order valence-corrected chi connectivity index (χ2v) is 11.0. The molecule has 0 spiro atoms. The van der Waals surface area contributed by atoms with Crippen molar-refractivity contribution in [3.05, 3.63) is 72.4 Å². The van der Waals surface area contributed by atoms with Crippen LogP contribution in [0.15, 0.2) is 66.9 Å². The fraction of sp³-hybridized carbons (Fsp3) is 0.387. The van der Waals surface area contributed by atoms with Crippen LogP contribution in [0.4, 0.5) is 5.69 Å². The number of anilines is 1. The Labute approximate surface area is 223 Å². The summed E-state index contributed by atoms with van der Waals surface area (Å²) in [4.78, 5) is 29.0. The molecule has 0 unspecified atom stereocenters. The van der Waals surface area contributed by atoms with Gasteiger partial charge in [0.1, 0.15) is 0 Å². The maximum Gasteiger partial charge on any atom is 0.224 e. The number of hydrogen-bond donors (Lipinski definition) is 4. The van der Waals surface area contributed by atoms with Crippen LogP contribution in [-0.4, -0.2) is 34.1 Å². The van der Waals surface area contributed by atoms with Crippen LogP contribution in [0.5, 0.6) is 0 Å². The standard InChI is InChI=1S/C31H36N4O3/c1-20(36)34-25-13-7-21(8-14-25)15-29(38)35-26-16-28(22-5-3-2-4-6-22)30(33-19-26)23-9-11-24(12-10-23)31(32)17-27(37)18-31/h2-6,9-12,16,19,21,25,27,37H,7-8,13-15,17-18,32H2,1H3,(H,34,36)(H,35,38)/t21-,25-,27?,31?. The van der Waals surface area contributed by atoms with Gasteiger partial charge in [0.05, 0.1) is 23.7 Å². The van der Waals surface area contributed by atoms with Crippen molar-refractivity contribution in [3.8, 4) is 22.4 Å². The lowest BCUT2D eigenvalue weighted by Crippen LogP contribution is -2.51. The number of aliphatic hydroxyl groups is 1. The van der Waals surface area contributed by atoms with Gasteiger partial charge in [-0.15, -0.1) is 0 Å². The molecule has 0 radical (unpaired) electrons. The highest BCUT2D eigenvalue weighted by atomic mass is 16.3. The molecule has 7 nitrogen and oxygen atoms in total. The van der Waals surface area contributed by atoms with Gasteiger partial charge in [0.15, 0.2) is 0 Å². The van der Waals surface area contributed by atoms with Crippen molar-refractivity contribution in [2.75, 3.05) is 5.32 Å². The summed E-state index contributed by atoms with van der Waals surface area (Å²) in [6, 6.07) is 20.4. The summed E-state index contributed by atoms with van der Waals surface area (Å²) in [5.41, 5.74) is 11.4. The smallest absolute Gasteiger partial charge is 0.224 e. The molecule has 5 rings (SSSR count). The predicted molar refractivity (Wildman–Crippen MR) is 149 cm³/mol. The molecule has 2 saturated carbocycles. The van der Waals surface area contributed by atoms with Crippen molar-refractivity contribution in [1.82, 2.24) is 10.3 Å². The molecular formula is C31H36N4O3. The Morgan fingerprint density at radius 3 is 2.32 bits per heavy atom. The van der Waals surface area contributed by atoms with Gasteiger partial charge in [0, 0.05) is 36.1 Å². The summed E-state index contributed by atoms with van der Waals surface area (Å²) in [7, 11) is 0. The number of nitrogens with one attached hydrogen (secondary N) is 2. The maximum atomic E-state index is 12.9. The van der Waals surface area contributed by atoms with Crippen molar-refractivity contribution >= 4 is 17.5 Å². The number of aliphatic hydroxyl groups excluding tert-OH is 1. The largest absolute Gasteiger partial charge is 0.393 e. The molecule has 2 aliphatic rings. The molecule has 3 aromatic rings. The summed E-state index contributed by atoms with van der Waals surface area (Å²) in [5, 5.41) is 15.8. The van der Waals surface area contributed by atoms with Crippen LogP contribution in [-0.2, 0) is 15.1 Å². The van der Waals surface area contributed by atoms with E-state index in [2.05, 4.69) is 10.6 Å². The quantitative estimate of drug-likeness (QED) is 0.365. The average molecular weight is 513 g/mol. The Kier molecular flexibility index (Phi) is 7.58. The van der Waals surface area contributed by atoms with Crippen molar-refractivity contribution in [3.63, 3.8) is 0 Å². The third kappa shape index (κ3) is 5.95. The Bertz CT molecular complexity index is 1280. The monoisotopic (exact) mass is 512 g/mol. The van der Waals surface area contributed by atoms with Crippen LogP contribution < -0.4 is 16.4 Å². The van der Waals surface area contributed by atoms with Crippen molar-refractivity contribution < 1.29 is 14.7 Å². The molecule has 0 atom stereocenters. The highest BCUT2D eigenvalue weighted by molar-refractivity contribution is 5.93. The van der Waals surface area contributed by atoms with Crippen LogP contribution in [0.3, 0.4) is 0 Å². The van der Waals surface area contributed by atoms with E-state index >= 15 is 0 Å². The first-order chi connectivity index (χ1) is 18.3. The zero-order valence-corrected chi connectivity index (χ0v) is 21.8. The number of nitrogens with zero attached hydrogens (tertiary/aromatic N) is 1. The van der Waals surface area contributed by atoms with E-state index < -0.39 is 5.54 Å². The molecular weight excluding hydrogens is 476 g/mol. The van der Waals surface area contributed by atoms with Crippen LogP contribution in [0.25, 0.3) is 22.4 Å². The summed E-state index contributed by atoms with van der Waals surface area (Å²) >= 11 is 0. The van der Waals surface area contributed by atoms with E-state index in [1.807, 2.05) is 60.7 Å². The van der Waals surface area contributed by atoms with Crippen LogP contribution in [0, 0.1) is 5.92 Å². The fourth-order valence-corrected chi connectivity index (χ4v) is 5.85. The Morgan fingerprint density at radius 2 is 1.68 bits per heavy atom. The molecule has 2 aromatic carbocycles. The fourth-order valence-electron chi connectivity index (χ4n) is 5.85. The van der Waals surface area contributed by atoms with Crippen molar-refractivity contribution in [2.24, 2.45) is 11.7 Å². The highest BCUT2D eigenvalue weighted by Crippen LogP contribution is 2.40. The summed E-state index contributed by atoms with van der Waals surface area (Å²) < 4.78 is 0. The van der Waals surface area contributed by atoms with E-state index in [-0.39, 0.29) is 24.0 Å². The minimum absolute atomic E-state index is 0.00815. The predicted octanol–water partition coefficient (Wildman–Crippen LogP) is 4.75. The van der Waals surface area contributed by atoms with Crippen LogP contribution in [0.1, 0.15) is 57.4 Å². The van der Waals surface area contributed by atoms with Gasteiger partial charge in [-0.1, -0.05) is 54.6 Å². The van der Waals surface area contributed by atoms with E-state index in [1.54, 1.807) is 13.1 Å². The molecule has 38 heavy (non-hydrogen) atoms. The van der Waals surface area contributed by atoms with Crippen molar-refractivity contribution in [1.29, 1.82) is 0 Å². The first-order valence-electron chi connectivity index (χ1n) is 13.5. The number of hydrogen-bond acceptors (Lipinski definition) is 5. The molecule has 5 N–H and O–H groups in total. The molecule has 0 bridgehead atoms. The molecule has 0 aliphatic heterocycles. The van der Waals surface area contributed by atoms with Gasteiger partial charge in [0.2, 0.25) is 11.8 Å². The molecule has 2 aliphatic carbocycles. The summed E-state index contributed by atoms with van der Waals surface area (Å²) in [6.07, 6.45) is 6.70. The van der Waals surface area contributed by atoms with Gasteiger partial charge in [-0.3, -0.25) is 14.6 Å². The lowest BCUT2D eigenvalue weighted by Gasteiger charge is -2.42. The minimum Gasteiger partial charge on any atom is -0.393 e. The van der Waals surface area contributed by atoms with Crippen LogP contribution >= 0.6 is 0 Å². The van der Waals surface area contributed by atoms with E-state index in [9.17, 15) is 14.7 Å². The SMILES string of the molecule is CC(=O)N[C@H]1CC[C@H](CC(=O)Nc2cnc(-c3ccc(C4(N)CC(O)C4)cc3)c(-c3ccccc3)c2)CC1. The van der Waals surface area contributed by atoms with Crippen LogP contribution in [0.2, 0.25) is 0 Å². The Hall–Kier alpha value is -3.55. The number of carbonyl (C=O) groups excluding carboxylic acids is 2. The van der Waals surface area contributed by atoms with Gasteiger partial charge < -0.3 is 21.5 Å². The highest BCUT2D eigenvalue weighted by Gasteiger charge is 2.41. The van der Waals surface area contributed by atoms with Gasteiger partial charge >= 0.3 is 0 Å². The molecule has 1 heterocycles. The molecule has 1 aromatic heterocycles. The van der Waals surface area contributed by atoms with E-state index in [1.165, 1.54) is 0 Å². The topological polar surface area (TPSA) is 117 Å². The lowest BCUT2D eigenvalue weighted by atomic mass is 9.70. The zero-order chi connectivity index (χ0) is 26.7. The third-order valence-electron chi connectivity index (χ3n) is 7.92. The molecule has 7 heteroatoms. The Balaban J connectivity index is 1.31. The van der Waals surface area contributed by atoms with Gasteiger partial charge in [0.25, 0.3) is 0 Å². The maximum absolute atomic E-state index is 12.9. The lowest BCUT2D eigenvalue weighted by molar-refractivity contribution is -0.120. The zero-order valence-electron chi connectivity index (χ0n) is 21.8. The molecule has 0 saturated heterocycles. The first kappa shape index (κ1) is 26.1. The number of carbonyl (C=O) groups is 2. The number of amides is 2. The summed E-state index contributed by atoms with van der Waals surface area (Å²) in [5.74, 6) is 0.317. The minimum atomic E-state index is -0.467. The summed E-state index contributed by atoms with van der Waals surface area (Å²) in [6.45, 7) is 1.55. The first-order valence-corrected chi connectivity index (χ1v) is 13.5. The van der Waals surface area contributed by atoms with Crippen molar-refractivity contribution in [2.45, 2.75) is 69.6 Å². The van der Waals surface area contributed by atoms with Gasteiger partial charge in [-0.05, 0) is 61.6 Å². The molecule has 198 valence electrons. The third-order valence-corrected chi connectivity index (χ3v) is 7.92. The number of pyridine rings is 1. The second-order valence-electron chi connectivity index (χ2n) is 11.0. The van der Waals surface area contributed by atoms with Gasteiger partial charge in [-0.25, -0.2) is 0 Å². The second kappa shape index (κ2) is 11.1. The number of rotatable bonds is 7. The number of aromatic nitrogens is 1.